The van der Waals surface area contributed by atoms with Gasteiger partial charge in [-0.05, 0) is 30.3 Å². The smallest absolute Gasteiger partial charge is 0.257 e. The van der Waals surface area contributed by atoms with E-state index in [9.17, 15) is 13.2 Å². The highest BCUT2D eigenvalue weighted by Crippen LogP contribution is 2.27. The van der Waals surface area contributed by atoms with Gasteiger partial charge < -0.3 is 4.90 Å². The molecule has 174 valence electrons. The van der Waals surface area contributed by atoms with E-state index in [1.54, 1.807) is 12.1 Å². The van der Waals surface area contributed by atoms with Gasteiger partial charge in [-0.1, -0.05) is 45.0 Å². The minimum absolute atomic E-state index is 0.113. The van der Waals surface area contributed by atoms with E-state index in [0.29, 0.717) is 31.3 Å². The molecule has 2 heterocycles. The molecule has 4 rings (SSSR count). The molecular formula is C24H28N4O3S2. The Morgan fingerprint density at radius 1 is 1.00 bits per heavy atom. The number of carbonyl (C=O) groups is 1. The molecule has 1 aliphatic heterocycles. The summed E-state index contributed by atoms with van der Waals surface area (Å²) in [4.78, 5) is 19.5. The highest BCUT2D eigenvalue weighted by molar-refractivity contribution is 7.89. The third-order valence-corrected chi connectivity index (χ3v) is 8.24. The number of thiazole rings is 1. The van der Waals surface area contributed by atoms with E-state index in [1.165, 1.54) is 27.8 Å². The molecule has 1 amide bonds. The fourth-order valence-corrected chi connectivity index (χ4v) is 6.02. The van der Waals surface area contributed by atoms with Crippen molar-refractivity contribution in [2.24, 2.45) is 0 Å². The van der Waals surface area contributed by atoms with Crippen molar-refractivity contribution in [3.63, 3.8) is 0 Å². The summed E-state index contributed by atoms with van der Waals surface area (Å²) in [6.07, 6.45) is 0. The summed E-state index contributed by atoms with van der Waals surface area (Å²) >= 11 is 1.36. The first-order valence-corrected chi connectivity index (χ1v) is 13.1. The Balaban J connectivity index is 1.45. The van der Waals surface area contributed by atoms with Gasteiger partial charge in [-0.25, -0.2) is 13.4 Å². The molecule has 33 heavy (non-hydrogen) atoms. The summed E-state index contributed by atoms with van der Waals surface area (Å²) in [6, 6.07) is 16.2. The van der Waals surface area contributed by atoms with E-state index in [0.717, 1.165) is 11.4 Å². The first-order chi connectivity index (χ1) is 15.6. The van der Waals surface area contributed by atoms with Gasteiger partial charge in [-0.2, -0.15) is 4.31 Å². The molecule has 7 nitrogen and oxygen atoms in total. The van der Waals surface area contributed by atoms with Crippen LogP contribution in [-0.2, 0) is 15.4 Å². The van der Waals surface area contributed by atoms with Gasteiger partial charge in [0.25, 0.3) is 5.91 Å². The third-order valence-electron chi connectivity index (χ3n) is 5.59. The van der Waals surface area contributed by atoms with Gasteiger partial charge in [0, 0.05) is 48.2 Å². The van der Waals surface area contributed by atoms with Crippen LogP contribution < -0.4 is 10.2 Å². The van der Waals surface area contributed by atoms with Gasteiger partial charge in [0.15, 0.2) is 5.13 Å². The quantitative estimate of drug-likeness (QED) is 0.587. The van der Waals surface area contributed by atoms with Gasteiger partial charge in [0.05, 0.1) is 10.6 Å². The van der Waals surface area contributed by atoms with Crippen molar-refractivity contribution < 1.29 is 13.2 Å². The number of benzene rings is 2. The first kappa shape index (κ1) is 23.4. The van der Waals surface area contributed by atoms with Crippen molar-refractivity contribution in [2.45, 2.75) is 31.1 Å². The minimum atomic E-state index is -3.70. The topological polar surface area (TPSA) is 82.6 Å². The molecule has 0 atom stereocenters. The zero-order valence-corrected chi connectivity index (χ0v) is 20.6. The number of hydrogen-bond acceptors (Lipinski definition) is 6. The molecule has 0 unspecified atom stereocenters. The van der Waals surface area contributed by atoms with Crippen LogP contribution in [0, 0.1) is 0 Å². The molecule has 1 fully saturated rings. The van der Waals surface area contributed by atoms with Gasteiger partial charge in [-0.3, -0.25) is 10.1 Å². The fourth-order valence-electron chi connectivity index (χ4n) is 3.62. The van der Waals surface area contributed by atoms with Crippen LogP contribution in [0.4, 0.5) is 10.8 Å². The van der Waals surface area contributed by atoms with E-state index in [4.69, 9.17) is 0 Å². The average Bonchev–Trinajstić information content (AvgIpc) is 3.29. The van der Waals surface area contributed by atoms with Crippen LogP contribution in [0.15, 0.2) is 64.9 Å². The van der Waals surface area contributed by atoms with Crippen molar-refractivity contribution in [3.8, 4) is 0 Å². The van der Waals surface area contributed by atoms with Crippen LogP contribution in [0.2, 0.25) is 0 Å². The lowest BCUT2D eigenvalue weighted by Gasteiger charge is -2.35. The Morgan fingerprint density at radius 3 is 2.33 bits per heavy atom. The number of carbonyl (C=O) groups excluding carboxylic acids is 1. The Bertz CT molecular complexity index is 1230. The summed E-state index contributed by atoms with van der Waals surface area (Å²) in [7, 11) is -3.70. The van der Waals surface area contributed by atoms with E-state index >= 15 is 0 Å². The van der Waals surface area contributed by atoms with E-state index < -0.39 is 10.0 Å². The SMILES string of the molecule is CC(C)(C)c1csc(NC(=O)c2cccc(S(=O)(=O)N3CCN(c4ccccc4)CC3)c2)n1. The van der Waals surface area contributed by atoms with Gasteiger partial charge in [0.2, 0.25) is 10.0 Å². The Morgan fingerprint density at radius 2 is 1.70 bits per heavy atom. The second-order valence-electron chi connectivity index (χ2n) is 9.00. The molecule has 0 saturated carbocycles. The number of nitrogens with one attached hydrogen (secondary N) is 1. The van der Waals surface area contributed by atoms with Crippen molar-refractivity contribution in [1.29, 1.82) is 0 Å². The predicted octanol–water partition coefficient (Wildman–Crippen LogP) is 4.20. The number of anilines is 2. The average molecular weight is 485 g/mol. The summed E-state index contributed by atoms with van der Waals surface area (Å²) in [5.74, 6) is -0.379. The lowest BCUT2D eigenvalue weighted by Crippen LogP contribution is -2.48. The summed E-state index contributed by atoms with van der Waals surface area (Å²) in [6.45, 7) is 8.18. The number of rotatable bonds is 5. The van der Waals surface area contributed by atoms with Crippen LogP contribution in [0.1, 0.15) is 36.8 Å². The standard InChI is InChI=1S/C24H28N4O3S2/c1-24(2,3)21-17-32-23(25-21)26-22(29)18-8-7-11-20(16-18)33(30,31)28-14-12-27(13-15-28)19-9-5-4-6-10-19/h4-11,16-17H,12-15H2,1-3H3,(H,25,26,29). The number of piperazine rings is 1. The lowest BCUT2D eigenvalue weighted by atomic mass is 9.93. The number of para-hydroxylation sites is 1. The number of nitrogens with zero attached hydrogens (tertiary/aromatic N) is 3. The molecule has 0 bridgehead atoms. The zero-order chi connectivity index (χ0) is 23.6. The fraction of sp³-hybridized carbons (Fsp3) is 0.333. The maximum atomic E-state index is 13.2. The van der Waals surface area contributed by atoms with Crippen molar-refractivity contribution in [1.82, 2.24) is 9.29 Å². The predicted molar refractivity (Wildman–Crippen MR) is 133 cm³/mol. The first-order valence-electron chi connectivity index (χ1n) is 10.8. The molecule has 1 aromatic heterocycles. The number of sulfonamides is 1. The summed E-state index contributed by atoms with van der Waals surface area (Å²) < 4.78 is 28.0. The minimum Gasteiger partial charge on any atom is -0.369 e. The number of amides is 1. The molecule has 0 spiro atoms. The van der Waals surface area contributed by atoms with Crippen LogP contribution >= 0.6 is 11.3 Å². The maximum absolute atomic E-state index is 13.2. The summed E-state index contributed by atoms with van der Waals surface area (Å²) in [5.41, 5.74) is 2.16. The van der Waals surface area contributed by atoms with Gasteiger partial charge >= 0.3 is 0 Å². The van der Waals surface area contributed by atoms with Gasteiger partial charge in [-0.15, -0.1) is 11.3 Å². The molecular weight excluding hydrogens is 456 g/mol. The van der Waals surface area contributed by atoms with Gasteiger partial charge in [0.1, 0.15) is 0 Å². The zero-order valence-electron chi connectivity index (χ0n) is 19.0. The molecule has 9 heteroatoms. The van der Waals surface area contributed by atoms with Crippen LogP contribution in [0.5, 0.6) is 0 Å². The van der Waals surface area contributed by atoms with Crippen molar-refractivity contribution in [3.05, 3.63) is 71.2 Å². The third kappa shape index (κ3) is 5.26. The lowest BCUT2D eigenvalue weighted by molar-refractivity contribution is 0.102. The molecule has 1 aliphatic rings. The van der Waals surface area contributed by atoms with E-state index in [2.05, 4.69) is 36.0 Å². The van der Waals surface area contributed by atoms with E-state index in [1.807, 2.05) is 35.7 Å². The molecule has 0 radical (unpaired) electrons. The maximum Gasteiger partial charge on any atom is 0.257 e. The second-order valence-corrected chi connectivity index (χ2v) is 11.8. The normalized spacial score (nSPS) is 15.4. The molecule has 3 aromatic rings. The molecule has 2 aromatic carbocycles. The molecule has 1 N–H and O–H groups in total. The van der Waals surface area contributed by atoms with Crippen molar-refractivity contribution in [2.75, 3.05) is 36.4 Å². The number of hydrogen-bond donors (Lipinski definition) is 1. The summed E-state index contributed by atoms with van der Waals surface area (Å²) in [5, 5.41) is 5.20. The largest absolute Gasteiger partial charge is 0.369 e. The molecule has 1 saturated heterocycles. The Labute approximate surface area is 199 Å². The Kier molecular flexibility index (Phi) is 6.56. The van der Waals surface area contributed by atoms with Crippen LogP contribution in [0.3, 0.4) is 0 Å². The van der Waals surface area contributed by atoms with Crippen molar-refractivity contribution >= 4 is 38.1 Å². The second kappa shape index (κ2) is 9.24. The monoisotopic (exact) mass is 484 g/mol. The van der Waals surface area contributed by atoms with Crippen LogP contribution in [-0.4, -0.2) is 49.8 Å². The highest BCUT2D eigenvalue weighted by Gasteiger charge is 2.29. The van der Waals surface area contributed by atoms with Crippen LogP contribution in [0.25, 0.3) is 0 Å². The molecule has 0 aliphatic carbocycles. The van der Waals surface area contributed by atoms with E-state index in [-0.39, 0.29) is 21.8 Å². The highest BCUT2D eigenvalue weighted by atomic mass is 32.2. The Hall–Kier alpha value is -2.75. The number of aromatic nitrogens is 1.